The van der Waals surface area contributed by atoms with Gasteiger partial charge in [0, 0.05) is 11.9 Å². The molecule has 0 aromatic carbocycles. The molecule has 1 aliphatic carbocycles. The molecule has 3 N–H and O–H groups in total. The fraction of sp³-hybridized carbons (Fsp3) is 0.636. The first kappa shape index (κ1) is 11.5. The zero-order valence-corrected chi connectivity index (χ0v) is 10.4. The largest absolute Gasteiger partial charge is 0.350 e. The number of hydrogen-bond donors (Lipinski definition) is 2. The molecule has 0 radical (unpaired) electrons. The molecule has 1 aromatic heterocycles. The zero-order chi connectivity index (χ0) is 11.7. The quantitative estimate of drug-likeness (QED) is 0.837. The number of nitrogens with zero attached hydrogens (tertiary/aromatic N) is 1. The van der Waals surface area contributed by atoms with E-state index in [4.69, 9.17) is 5.73 Å². The summed E-state index contributed by atoms with van der Waals surface area (Å²) in [6.07, 6.45) is 1.22. The third-order valence-corrected chi connectivity index (χ3v) is 3.99. The van der Waals surface area contributed by atoms with Crippen molar-refractivity contribution in [1.82, 2.24) is 10.3 Å². The van der Waals surface area contributed by atoms with Gasteiger partial charge in [0.25, 0.3) is 5.91 Å². The molecule has 0 saturated heterocycles. The first-order valence-corrected chi connectivity index (χ1v) is 6.45. The van der Waals surface area contributed by atoms with Crippen LogP contribution in [0.1, 0.15) is 41.8 Å². The average Bonchev–Trinajstić information content (AvgIpc) is 2.78. The molecule has 5 heteroatoms. The molecule has 16 heavy (non-hydrogen) atoms. The van der Waals surface area contributed by atoms with Crippen molar-refractivity contribution in [3.05, 3.63) is 16.1 Å². The van der Waals surface area contributed by atoms with E-state index in [2.05, 4.69) is 17.2 Å². The van der Waals surface area contributed by atoms with Crippen LogP contribution >= 0.6 is 11.3 Å². The van der Waals surface area contributed by atoms with Gasteiger partial charge in [0.2, 0.25) is 0 Å². The molecule has 4 nitrogen and oxygen atoms in total. The predicted molar refractivity (Wildman–Crippen MR) is 64.3 cm³/mol. The third-order valence-electron chi connectivity index (χ3n) is 2.95. The van der Waals surface area contributed by atoms with Crippen molar-refractivity contribution in [3.8, 4) is 0 Å². The van der Waals surface area contributed by atoms with Crippen LogP contribution in [0.25, 0.3) is 0 Å². The number of aromatic nitrogens is 1. The molecule has 0 spiro atoms. The van der Waals surface area contributed by atoms with Gasteiger partial charge in [-0.1, -0.05) is 6.92 Å². The van der Waals surface area contributed by atoms with Crippen LogP contribution in [0.15, 0.2) is 5.38 Å². The minimum Gasteiger partial charge on any atom is -0.350 e. The van der Waals surface area contributed by atoms with Crippen molar-refractivity contribution in [2.24, 2.45) is 17.6 Å². The van der Waals surface area contributed by atoms with Crippen molar-refractivity contribution < 1.29 is 4.79 Å². The monoisotopic (exact) mass is 239 g/mol. The lowest BCUT2D eigenvalue weighted by Gasteiger charge is -2.01. The van der Waals surface area contributed by atoms with Gasteiger partial charge in [-0.2, -0.15) is 0 Å². The van der Waals surface area contributed by atoms with E-state index in [0.717, 1.165) is 17.5 Å². The van der Waals surface area contributed by atoms with E-state index in [1.807, 2.05) is 6.92 Å². The topological polar surface area (TPSA) is 68.0 Å². The molecule has 88 valence electrons. The van der Waals surface area contributed by atoms with E-state index in [-0.39, 0.29) is 11.9 Å². The van der Waals surface area contributed by atoms with Crippen molar-refractivity contribution >= 4 is 17.2 Å². The van der Waals surface area contributed by atoms with E-state index in [1.54, 1.807) is 5.38 Å². The fourth-order valence-corrected chi connectivity index (χ4v) is 2.36. The van der Waals surface area contributed by atoms with Crippen LogP contribution in [-0.4, -0.2) is 17.4 Å². The number of hydrogen-bond acceptors (Lipinski definition) is 4. The lowest BCUT2D eigenvalue weighted by atomic mass is 10.3. The Hall–Kier alpha value is -0.940. The molecule has 1 aromatic rings. The van der Waals surface area contributed by atoms with Crippen LogP contribution in [0.2, 0.25) is 0 Å². The Morgan fingerprint density at radius 3 is 3.00 bits per heavy atom. The van der Waals surface area contributed by atoms with Gasteiger partial charge >= 0.3 is 0 Å². The highest BCUT2D eigenvalue weighted by Crippen LogP contribution is 2.36. The second-order valence-corrected chi connectivity index (χ2v) is 5.43. The molecule has 3 unspecified atom stereocenters. The highest BCUT2D eigenvalue weighted by molar-refractivity contribution is 7.09. The molecule has 0 bridgehead atoms. The van der Waals surface area contributed by atoms with E-state index in [0.29, 0.717) is 11.6 Å². The van der Waals surface area contributed by atoms with Gasteiger partial charge in [-0.05, 0) is 25.2 Å². The highest BCUT2D eigenvalue weighted by Gasteiger charge is 2.32. The van der Waals surface area contributed by atoms with Crippen molar-refractivity contribution in [2.45, 2.75) is 26.3 Å². The summed E-state index contributed by atoms with van der Waals surface area (Å²) in [6.45, 7) is 4.84. The van der Waals surface area contributed by atoms with E-state index < -0.39 is 0 Å². The number of rotatable bonds is 4. The van der Waals surface area contributed by atoms with Gasteiger partial charge in [0.15, 0.2) is 0 Å². The molecule has 1 heterocycles. The number of nitrogens with one attached hydrogen (secondary N) is 1. The minimum atomic E-state index is -0.102. The van der Waals surface area contributed by atoms with Gasteiger partial charge in [0.05, 0.1) is 6.04 Å². The summed E-state index contributed by atoms with van der Waals surface area (Å²) in [7, 11) is 0. The molecular weight excluding hydrogens is 222 g/mol. The van der Waals surface area contributed by atoms with Gasteiger partial charge in [-0.25, -0.2) is 4.98 Å². The summed E-state index contributed by atoms with van der Waals surface area (Å²) in [5.41, 5.74) is 6.19. The molecule has 1 aliphatic rings. The van der Waals surface area contributed by atoms with Crippen molar-refractivity contribution in [3.63, 3.8) is 0 Å². The van der Waals surface area contributed by atoms with Crippen LogP contribution < -0.4 is 11.1 Å². The standard InChI is InChI=1S/C11H17N3OS/c1-6-3-8(6)4-13-10(15)9-5-16-11(14-9)7(2)12/h5-8H,3-4,12H2,1-2H3,(H,13,15). The molecule has 1 amide bonds. The van der Waals surface area contributed by atoms with Gasteiger partial charge in [-0.15, -0.1) is 11.3 Å². The Morgan fingerprint density at radius 1 is 1.81 bits per heavy atom. The zero-order valence-electron chi connectivity index (χ0n) is 9.56. The number of carbonyl (C=O) groups is 1. The van der Waals surface area contributed by atoms with Crippen LogP contribution in [0.5, 0.6) is 0 Å². The second-order valence-electron chi connectivity index (χ2n) is 4.54. The normalized spacial score (nSPS) is 25.2. The SMILES string of the molecule is CC(N)c1nc(C(=O)NCC2CC2C)cs1. The number of amides is 1. The molecule has 1 fully saturated rings. The van der Waals surface area contributed by atoms with E-state index >= 15 is 0 Å². The summed E-state index contributed by atoms with van der Waals surface area (Å²) in [5.74, 6) is 1.34. The fourth-order valence-electron chi connectivity index (χ4n) is 1.60. The van der Waals surface area contributed by atoms with Crippen molar-refractivity contribution in [2.75, 3.05) is 6.54 Å². The molecule has 0 aliphatic heterocycles. The van der Waals surface area contributed by atoms with Crippen molar-refractivity contribution in [1.29, 1.82) is 0 Å². The van der Waals surface area contributed by atoms with E-state index in [1.165, 1.54) is 17.8 Å². The summed E-state index contributed by atoms with van der Waals surface area (Å²) in [5, 5.41) is 5.49. The van der Waals surface area contributed by atoms with Crippen LogP contribution in [0, 0.1) is 11.8 Å². The molecule has 1 saturated carbocycles. The average molecular weight is 239 g/mol. The maximum Gasteiger partial charge on any atom is 0.270 e. The van der Waals surface area contributed by atoms with Gasteiger partial charge in [0.1, 0.15) is 10.7 Å². The summed E-state index contributed by atoms with van der Waals surface area (Å²) >= 11 is 1.44. The summed E-state index contributed by atoms with van der Waals surface area (Å²) in [4.78, 5) is 15.9. The van der Waals surface area contributed by atoms with E-state index in [9.17, 15) is 4.79 Å². The van der Waals surface area contributed by atoms with Gasteiger partial charge in [-0.3, -0.25) is 4.79 Å². The predicted octanol–water partition coefficient (Wildman–Crippen LogP) is 1.55. The molecule has 2 rings (SSSR count). The molecule has 3 atom stereocenters. The Kier molecular flexibility index (Phi) is 3.25. The number of carbonyl (C=O) groups excluding carboxylic acids is 1. The maximum absolute atomic E-state index is 11.7. The van der Waals surface area contributed by atoms with Crippen LogP contribution in [0.3, 0.4) is 0 Å². The third kappa shape index (κ3) is 2.59. The Bertz CT molecular complexity index is 388. The Morgan fingerprint density at radius 2 is 2.50 bits per heavy atom. The van der Waals surface area contributed by atoms with Crippen LogP contribution in [0.4, 0.5) is 0 Å². The van der Waals surface area contributed by atoms with Crippen LogP contribution in [-0.2, 0) is 0 Å². The minimum absolute atomic E-state index is 0.0812. The second kappa shape index (κ2) is 4.51. The maximum atomic E-state index is 11.7. The lowest BCUT2D eigenvalue weighted by molar-refractivity contribution is 0.0947. The molecular formula is C11H17N3OS. The number of nitrogens with two attached hydrogens (primary N) is 1. The smallest absolute Gasteiger partial charge is 0.270 e. The lowest BCUT2D eigenvalue weighted by Crippen LogP contribution is -2.26. The first-order valence-electron chi connectivity index (χ1n) is 5.57. The highest BCUT2D eigenvalue weighted by atomic mass is 32.1. The summed E-state index contributed by atoms with van der Waals surface area (Å²) < 4.78 is 0. The Labute approximate surface area is 99.3 Å². The number of thiazole rings is 1. The summed E-state index contributed by atoms with van der Waals surface area (Å²) in [6, 6.07) is -0.102. The Balaban J connectivity index is 1.87. The first-order chi connectivity index (χ1) is 7.58. The van der Waals surface area contributed by atoms with Gasteiger partial charge < -0.3 is 11.1 Å².